The van der Waals surface area contributed by atoms with Crippen molar-refractivity contribution in [2.75, 3.05) is 5.43 Å². The number of nitrogens with one attached hydrogen (secondary N) is 1. The van der Waals surface area contributed by atoms with Gasteiger partial charge in [0.2, 0.25) is 0 Å². The maximum Gasteiger partial charge on any atom is 0.285 e. The van der Waals surface area contributed by atoms with Crippen molar-refractivity contribution in [2.45, 2.75) is 0 Å². The Morgan fingerprint density at radius 2 is 1.96 bits per heavy atom. The highest BCUT2D eigenvalue weighted by molar-refractivity contribution is 8.26. The maximum absolute atomic E-state index is 12.5. The summed E-state index contributed by atoms with van der Waals surface area (Å²) >= 11 is 24.5. The van der Waals surface area contributed by atoms with E-state index >= 15 is 0 Å². The molecule has 1 aliphatic heterocycles. The number of hydrogen-bond donors (Lipinski definition) is 1. The van der Waals surface area contributed by atoms with Crippen LogP contribution in [0.2, 0.25) is 15.1 Å². The third kappa shape index (κ3) is 3.51. The lowest BCUT2D eigenvalue weighted by molar-refractivity contribution is -0.121. The van der Waals surface area contributed by atoms with Gasteiger partial charge in [0.05, 0.1) is 26.9 Å². The van der Waals surface area contributed by atoms with Crippen molar-refractivity contribution in [1.29, 1.82) is 0 Å². The molecule has 0 bridgehead atoms. The summed E-state index contributed by atoms with van der Waals surface area (Å²) in [7, 11) is 0. The van der Waals surface area contributed by atoms with Crippen molar-refractivity contribution in [3.05, 3.63) is 56.3 Å². The van der Waals surface area contributed by atoms with Crippen LogP contribution in [0.15, 0.2) is 39.9 Å². The fraction of sp³-hybridized carbons (Fsp3) is 0. The van der Waals surface area contributed by atoms with Crippen molar-refractivity contribution >= 4 is 80.8 Å². The summed E-state index contributed by atoms with van der Waals surface area (Å²) in [6.45, 7) is 0. The highest BCUT2D eigenvalue weighted by Gasteiger charge is 2.33. The van der Waals surface area contributed by atoms with Crippen LogP contribution in [0.5, 0.6) is 0 Å². The van der Waals surface area contributed by atoms with Crippen LogP contribution in [0.4, 0.5) is 5.69 Å². The lowest BCUT2D eigenvalue weighted by Gasteiger charge is -2.19. The predicted molar refractivity (Wildman–Crippen MR) is 98.8 cm³/mol. The van der Waals surface area contributed by atoms with Crippen LogP contribution in [0, 0.1) is 0 Å². The van der Waals surface area contributed by atoms with E-state index in [0.29, 0.717) is 25.7 Å². The molecule has 3 rings (SSSR count). The van der Waals surface area contributed by atoms with E-state index < -0.39 is 0 Å². The third-order valence-corrected chi connectivity index (χ3v) is 4.96. The fourth-order valence-electron chi connectivity index (χ4n) is 1.83. The van der Waals surface area contributed by atoms with Gasteiger partial charge in [-0.2, -0.15) is 0 Å². The van der Waals surface area contributed by atoms with Gasteiger partial charge in [-0.05, 0) is 36.5 Å². The Hall–Kier alpha value is -1.18. The molecule has 0 unspecified atom stereocenters. The summed E-state index contributed by atoms with van der Waals surface area (Å²) in [5, 5.41) is 2.17. The monoisotopic (exact) mass is 404 g/mol. The number of thiocarbonyl (C=S) groups is 1. The zero-order valence-electron chi connectivity index (χ0n) is 11.2. The van der Waals surface area contributed by atoms with Crippen molar-refractivity contribution in [3.63, 3.8) is 0 Å². The van der Waals surface area contributed by atoms with Gasteiger partial charge in [-0.3, -0.25) is 10.2 Å². The van der Waals surface area contributed by atoms with Gasteiger partial charge in [-0.25, -0.2) is 5.01 Å². The van der Waals surface area contributed by atoms with E-state index in [4.69, 9.17) is 51.4 Å². The molecule has 2 heterocycles. The van der Waals surface area contributed by atoms with Crippen LogP contribution in [-0.4, -0.2) is 15.2 Å². The molecular weight excluding hydrogens is 399 g/mol. The van der Waals surface area contributed by atoms with Crippen LogP contribution < -0.4 is 5.43 Å². The Morgan fingerprint density at radius 1 is 1.26 bits per heavy atom. The standard InChI is InChI=1S/C14H7Cl3N2O2S2/c15-7-4-9(16)12(10(17)5-7)18-19-13(20)11(23-14(19)22)6-8-2-1-3-21-8/h1-6,18H/b11-6+. The Balaban J connectivity index is 1.87. The van der Waals surface area contributed by atoms with E-state index in [2.05, 4.69) is 5.43 Å². The molecule has 1 amide bonds. The number of halogens is 3. The average molecular weight is 406 g/mol. The summed E-state index contributed by atoms with van der Waals surface area (Å²) in [6, 6.07) is 6.52. The molecule has 1 aromatic carbocycles. The topological polar surface area (TPSA) is 45.5 Å². The number of furan rings is 1. The number of rotatable bonds is 3. The number of carbonyl (C=O) groups is 1. The minimum absolute atomic E-state index is 0.284. The second-order valence-electron chi connectivity index (χ2n) is 4.39. The van der Waals surface area contributed by atoms with Crippen LogP contribution >= 0.6 is 58.8 Å². The number of thioether (sulfide) groups is 1. The molecule has 4 nitrogen and oxygen atoms in total. The molecule has 23 heavy (non-hydrogen) atoms. The molecule has 0 spiro atoms. The Labute approximate surface area is 156 Å². The minimum Gasteiger partial charge on any atom is -0.465 e. The number of benzene rings is 1. The number of anilines is 1. The van der Waals surface area contributed by atoms with Gasteiger partial charge in [0.1, 0.15) is 5.76 Å². The summed E-state index contributed by atoms with van der Waals surface area (Å²) in [4.78, 5) is 12.9. The summed E-state index contributed by atoms with van der Waals surface area (Å²) in [6.07, 6.45) is 3.14. The second kappa shape index (κ2) is 6.75. The number of hydrazine groups is 1. The third-order valence-electron chi connectivity index (χ3n) is 2.84. The molecule has 1 aromatic heterocycles. The van der Waals surface area contributed by atoms with Crippen molar-refractivity contribution in [2.24, 2.45) is 0 Å². The maximum atomic E-state index is 12.5. The molecule has 0 saturated carbocycles. The zero-order valence-corrected chi connectivity index (χ0v) is 15.1. The van der Waals surface area contributed by atoms with E-state index in [1.54, 1.807) is 18.2 Å². The number of hydrogen-bond acceptors (Lipinski definition) is 5. The van der Waals surface area contributed by atoms with Crippen LogP contribution in [0.25, 0.3) is 6.08 Å². The van der Waals surface area contributed by atoms with Gasteiger partial charge >= 0.3 is 0 Å². The number of nitrogens with zero attached hydrogens (tertiary/aromatic N) is 1. The molecule has 9 heteroatoms. The highest BCUT2D eigenvalue weighted by atomic mass is 35.5. The molecule has 1 fully saturated rings. The smallest absolute Gasteiger partial charge is 0.285 e. The first-order valence-corrected chi connectivity index (χ1v) is 8.54. The minimum atomic E-state index is -0.321. The summed E-state index contributed by atoms with van der Waals surface area (Å²) in [5.41, 5.74) is 3.20. The molecule has 118 valence electrons. The lowest BCUT2D eigenvalue weighted by Crippen LogP contribution is -2.34. The summed E-state index contributed by atoms with van der Waals surface area (Å²) < 4.78 is 5.53. The first-order valence-electron chi connectivity index (χ1n) is 6.18. The van der Waals surface area contributed by atoms with Crippen molar-refractivity contribution < 1.29 is 9.21 Å². The molecular formula is C14H7Cl3N2O2S2. The van der Waals surface area contributed by atoms with E-state index in [9.17, 15) is 4.79 Å². The average Bonchev–Trinajstić information content (AvgIpc) is 3.06. The molecule has 1 N–H and O–H groups in total. The SMILES string of the molecule is O=C1/C(=C\c2ccco2)SC(=S)N1Nc1c(Cl)cc(Cl)cc1Cl. The zero-order chi connectivity index (χ0) is 16.6. The van der Waals surface area contributed by atoms with Crippen molar-refractivity contribution in [3.8, 4) is 0 Å². The molecule has 2 aromatic rings. The Bertz CT molecular complexity index is 798. The van der Waals surface area contributed by atoms with Gasteiger partial charge in [-0.15, -0.1) is 0 Å². The van der Waals surface area contributed by atoms with Crippen molar-refractivity contribution in [1.82, 2.24) is 5.01 Å². The van der Waals surface area contributed by atoms with Gasteiger partial charge in [0.25, 0.3) is 5.91 Å². The molecule has 1 saturated heterocycles. The van der Waals surface area contributed by atoms with Gasteiger partial charge in [0.15, 0.2) is 4.32 Å². The quantitative estimate of drug-likeness (QED) is 0.542. The van der Waals surface area contributed by atoms with Crippen LogP contribution in [0.1, 0.15) is 5.76 Å². The van der Waals surface area contributed by atoms with E-state index in [1.165, 1.54) is 23.4 Å². The van der Waals surface area contributed by atoms with Crippen LogP contribution in [-0.2, 0) is 4.79 Å². The summed E-state index contributed by atoms with van der Waals surface area (Å²) in [5.74, 6) is 0.242. The first-order chi connectivity index (χ1) is 11.0. The molecule has 1 aliphatic rings. The van der Waals surface area contributed by atoms with Gasteiger partial charge in [-0.1, -0.05) is 46.6 Å². The molecule has 0 radical (unpaired) electrons. The van der Waals surface area contributed by atoms with E-state index in [0.717, 1.165) is 11.8 Å². The molecule has 0 atom stereocenters. The van der Waals surface area contributed by atoms with E-state index in [-0.39, 0.29) is 16.0 Å². The number of amides is 1. The lowest BCUT2D eigenvalue weighted by atomic mass is 10.3. The van der Waals surface area contributed by atoms with Crippen LogP contribution in [0.3, 0.4) is 0 Å². The fourth-order valence-corrected chi connectivity index (χ4v) is 3.89. The Kier molecular flexibility index (Phi) is 4.89. The largest absolute Gasteiger partial charge is 0.465 e. The van der Waals surface area contributed by atoms with Gasteiger partial charge in [0, 0.05) is 11.1 Å². The normalized spacial score (nSPS) is 16.5. The van der Waals surface area contributed by atoms with Gasteiger partial charge < -0.3 is 4.42 Å². The highest BCUT2D eigenvalue weighted by Crippen LogP contribution is 2.37. The first kappa shape index (κ1) is 16.7. The predicted octanol–water partition coefficient (Wildman–Crippen LogP) is 5.47. The van der Waals surface area contributed by atoms with E-state index in [1.807, 2.05) is 0 Å². The Morgan fingerprint density at radius 3 is 2.57 bits per heavy atom. The molecule has 0 aliphatic carbocycles. The number of carbonyl (C=O) groups excluding carboxylic acids is 1. The second-order valence-corrected chi connectivity index (χ2v) is 7.32.